The highest BCUT2D eigenvalue weighted by Crippen LogP contribution is 2.74. The van der Waals surface area contributed by atoms with Crippen molar-refractivity contribution in [3.05, 3.63) is 12.2 Å². The molecule has 4 aliphatic rings. The van der Waals surface area contributed by atoms with Crippen LogP contribution in [-0.2, 0) is 9.53 Å². The Balaban J connectivity index is 1.66. The van der Waals surface area contributed by atoms with Gasteiger partial charge in [-0.15, -0.1) is 0 Å². The molecule has 0 radical (unpaired) electrons. The Kier molecular flexibility index (Phi) is 6.43. The van der Waals surface area contributed by atoms with E-state index < -0.39 is 23.0 Å². The van der Waals surface area contributed by atoms with Crippen molar-refractivity contribution in [2.75, 3.05) is 0 Å². The van der Waals surface area contributed by atoms with Crippen LogP contribution in [0.4, 0.5) is 0 Å². The highest BCUT2D eigenvalue weighted by Gasteiger charge is 2.69. The van der Waals surface area contributed by atoms with Crippen LogP contribution in [0.1, 0.15) is 113 Å². The van der Waals surface area contributed by atoms with E-state index in [0.29, 0.717) is 36.5 Å². The van der Waals surface area contributed by atoms with E-state index in [1.165, 1.54) is 5.57 Å². The number of aliphatic hydroxyl groups is 2. The summed E-state index contributed by atoms with van der Waals surface area (Å²) in [6.45, 7) is 19.3. The molecule has 3 aliphatic carbocycles. The molecule has 9 atom stereocenters. The molecule has 3 N–H and O–H groups in total. The summed E-state index contributed by atoms with van der Waals surface area (Å²) in [6.07, 6.45) is 8.84. The maximum absolute atomic E-state index is 11.6. The molecule has 0 aromatic heterocycles. The van der Waals surface area contributed by atoms with E-state index in [4.69, 9.17) is 4.74 Å². The van der Waals surface area contributed by atoms with E-state index in [1.807, 2.05) is 0 Å². The molecule has 0 aromatic rings. The molecule has 0 unspecified atom stereocenters. The number of carbonyl (C=O) groups is 1. The summed E-state index contributed by atoms with van der Waals surface area (Å²) in [4.78, 5) is 11.6. The predicted molar refractivity (Wildman–Crippen MR) is 138 cm³/mol. The normalized spacial score (nSPS) is 50.0. The van der Waals surface area contributed by atoms with E-state index in [9.17, 15) is 20.1 Å². The summed E-state index contributed by atoms with van der Waals surface area (Å²) >= 11 is 0. The van der Waals surface area contributed by atoms with Gasteiger partial charge in [0.15, 0.2) is 5.79 Å². The Hall–Kier alpha value is -0.910. The van der Waals surface area contributed by atoms with Crippen LogP contribution in [0.3, 0.4) is 0 Å². The van der Waals surface area contributed by atoms with Crippen LogP contribution in [0, 0.1) is 39.9 Å². The zero-order chi connectivity index (χ0) is 26.2. The lowest BCUT2D eigenvalue weighted by Crippen LogP contribution is -2.60. The molecule has 4 rings (SSSR count). The second kappa shape index (κ2) is 8.30. The summed E-state index contributed by atoms with van der Waals surface area (Å²) in [6, 6.07) is 0. The number of aliphatic carboxylic acids is 1. The standard InChI is InChI=1S/C30H50O5/c1-19(2)20-11-16-28(7)23(26(20,5)14-13-24(31)32)10-9-21-22(12-15-27(21,28)6)29(8)17-18-30(34,35-29)25(3,4)33/h20-23,33-34H,1,9-18H2,2-8H3,(H,31,32)/t20-,21+,22-,23+,26+,27+,28+,29-,30-/m0/s1. The number of allylic oxidation sites excluding steroid dienone is 1. The lowest BCUT2D eigenvalue weighted by atomic mass is 9.38. The van der Waals surface area contributed by atoms with Gasteiger partial charge in [-0.25, -0.2) is 0 Å². The third kappa shape index (κ3) is 3.85. The van der Waals surface area contributed by atoms with Crippen molar-refractivity contribution in [3.8, 4) is 0 Å². The minimum atomic E-state index is -1.50. The number of fused-ring (bicyclic) bond motifs is 3. The van der Waals surface area contributed by atoms with Gasteiger partial charge in [-0.1, -0.05) is 32.9 Å². The van der Waals surface area contributed by atoms with E-state index in [-0.39, 0.29) is 22.7 Å². The topological polar surface area (TPSA) is 87.0 Å². The Labute approximate surface area is 212 Å². The van der Waals surface area contributed by atoms with Crippen LogP contribution in [0.5, 0.6) is 0 Å². The van der Waals surface area contributed by atoms with Gasteiger partial charge in [-0.3, -0.25) is 4.79 Å². The summed E-state index contributed by atoms with van der Waals surface area (Å²) in [5, 5.41) is 31.3. The Morgan fingerprint density at radius 3 is 2.14 bits per heavy atom. The van der Waals surface area contributed by atoms with Crippen molar-refractivity contribution in [3.63, 3.8) is 0 Å². The first-order chi connectivity index (χ1) is 15.9. The molecule has 0 bridgehead atoms. The van der Waals surface area contributed by atoms with Gasteiger partial charge in [0.05, 0.1) is 5.60 Å². The van der Waals surface area contributed by atoms with E-state index >= 15 is 0 Å². The van der Waals surface area contributed by atoms with Crippen molar-refractivity contribution in [2.24, 2.45) is 39.9 Å². The minimum Gasteiger partial charge on any atom is -0.481 e. The highest BCUT2D eigenvalue weighted by molar-refractivity contribution is 5.66. The fraction of sp³-hybridized carbons (Fsp3) is 0.900. The van der Waals surface area contributed by atoms with Gasteiger partial charge < -0.3 is 20.1 Å². The van der Waals surface area contributed by atoms with Crippen LogP contribution in [-0.4, -0.2) is 38.3 Å². The molecule has 5 heteroatoms. The zero-order valence-electron chi connectivity index (χ0n) is 23.2. The molecule has 1 aliphatic heterocycles. The second-order valence-electron chi connectivity index (χ2n) is 14.3. The first-order valence-electron chi connectivity index (χ1n) is 14.0. The largest absolute Gasteiger partial charge is 0.481 e. The molecule has 1 heterocycles. The third-order valence-electron chi connectivity index (χ3n) is 12.2. The first kappa shape index (κ1) is 27.1. The maximum Gasteiger partial charge on any atom is 0.303 e. The number of rotatable bonds is 6. The predicted octanol–water partition coefficient (Wildman–Crippen LogP) is 6.32. The summed E-state index contributed by atoms with van der Waals surface area (Å²) < 4.78 is 6.43. The van der Waals surface area contributed by atoms with E-state index in [2.05, 4.69) is 41.2 Å². The van der Waals surface area contributed by atoms with Gasteiger partial charge in [0.25, 0.3) is 0 Å². The summed E-state index contributed by atoms with van der Waals surface area (Å²) in [5.74, 6) is -0.513. The van der Waals surface area contributed by atoms with Gasteiger partial charge in [-0.05, 0) is 119 Å². The van der Waals surface area contributed by atoms with Crippen LogP contribution >= 0.6 is 0 Å². The van der Waals surface area contributed by atoms with Gasteiger partial charge in [0.1, 0.15) is 5.60 Å². The molecular formula is C30H50O5. The Bertz CT molecular complexity index is 876. The third-order valence-corrected chi connectivity index (χ3v) is 12.2. The smallest absolute Gasteiger partial charge is 0.303 e. The Morgan fingerprint density at radius 2 is 1.60 bits per heavy atom. The average molecular weight is 491 g/mol. The second-order valence-corrected chi connectivity index (χ2v) is 14.3. The number of ether oxygens (including phenoxy) is 1. The van der Waals surface area contributed by atoms with E-state index in [0.717, 1.165) is 44.9 Å². The fourth-order valence-electron chi connectivity index (χ4n) is 9.97. The molecule has 5 nitrogen and oxygen atoms in total. The minimum absolute atomic E-state index is 0.0573. The molecule has 3 saturated carbocycles. The molecular weight excluding hydrogens is 440 g/mol. The monoisotopic (exact) mass is 490 g/mol. The number of carboxylic acid groups (broad SMARTS) is 1. The van der Waals surface area contributed by atoms with Crippen molar-refractivity contribution >= 4 is 5.97 Å². The summed E-state index contributed by atoms with van der Waals surface area (Å²) in [7, 11) is 0. The molecule has 4 fully saturated rings. The van der Waals surface area contributed by atoms with Crippen molar-refractivity contribution in [2.45, 2.75) is 130 Å². The molecule has 0 aromatic carbocycles. The fourth-order valence-corrected chi connectivity index (χ4v) is 9.97. The zero-order valence-corrected chi connectivity index (χ0v) is 23.2. The number of hydrogen-bond acceptors (Lipinski definition) is 4. The van der Waals surface area contributed by atoms with Crippen molar-refractivity contribution < 1.29 is 24.9 Å². The van der Waals surface area contributed by atoms with Gasteiger partial charge in [0, 0.05) is 12.8 Å². The van der Waals surface area contributed by atoms with Gasteiger partial charge in [-0.2, -0.15) is 0 Å². The lowest BCUT2D eigenvalue weighted by Gasteiger charge is -2.66. The maximum atomic E-state index is 11.6. The van der Waals surface area contributed by atoms with Crippen LogP contribution in [0.25, 0.3) is 0 Å². The van der Waals surface area contributed by atoms with Crippen LogP contribution < -0.4 is 0 Å². The number of carboxylic acids is 1. The molecule has 1 saturated heterocycles. The van der Waals surface area contributed by atoms with E-state index in [1.54, 1.807) is 13.8 Å². The van der Waals surface area contributed by atoms with Crippen molar-refractivity contribution in [1.82, 2.24) is 0 Å². The lowest BCUT2D eigenvalue weighted by molar-refractivity contribution is -0.305. The van der Waals surface area contributed by atoms with Gasteiger partial charge in [0.2, 0.25) is 0 Å². The van der Waals surface area contributed by atoms with Crippen molar-refractivity contribution in [1.29, 1.82) is 0 Å². The van der Waals surface area contributed by atoms with Gasteiger partial charge >= 0.3 is 5.97 Å². The molecule has 0 spiro atoms. The molecule has 35 heavy (non-hydrogen) atoms. The van der Waals surface area contributed by atoms with Crippen LogP contribution in [0.15, 0.2) is 12.2 Å². The average Bonchev–Trinajstić information content (AvgIpc) is 3.25. The quantitative estimate of drug-likeness (QED) is 0.379. The highest BCUT2D eigenvalue weighted by atomic mass is 16.7. The van der Waals surface area contributed by atoms with Crippen LogP contribution in [0.2, 0.25) is 0 Å². The molecule has 0 amide bonds. The Morgan fingerprint density at radius 1 is 0.971 bits per heavy atom. The summed E-state index contributed by atoms with van der Waals surface area (Å²) in [5.41, 5.74) is -0.323. The number of hydrogen-bond donors (Lipinski definition) is 3. The molecule has 200 valence electrons. The SMILES string of the molecule is C=C(C)[C@@H]1CC[C@]2(C)[C@H](CC[C@@H]3[C@@H]([C@]4(C)CC[C@@](O)(C(C)(C)O)O4)CC[C@]32C)[C@]1(C)CCC(=O)O. The first-order valence-corrected chi connectivity index (χ1v) is 14.0.